The highest BCUT2D eigenvalue weighted by molar-refractivity contribution is 6.03. The number of benzene rings is 2. The van der Waals surface area contributed by atoms with E-state index in [1.807, 2.05) is 12.1 Å². The number of fused-ring (bicyclic) bond motifs is 1. The van der Waals surface area contributed by atoms with Gasteiger partial charge >= 0.3 is 0 Å². The van der Waals surface area contributed by atoms with Crippen LogP contribution in [0.1, 0.15) is 51.9 Å². The van der Waals surface area contributed by atoms with Crippen LogP contribution in [0, 0.1) is 12.8 Å². The van der Waals surface area contributed by atoms with E-state index in [1.54, 1.807) is 0 Å². The predicted molar refractivity (Wildman–Crippen MR) is 110 cm³/mol. The van der Waals surface area contributed by atoms with Crippen LogP contribution in [0.4, 0.5) is 0 Å². The topological polar surface area (TPSA) is 67.5 Å². The number of hydrogen-bond donors (Lipinski definition) is 2. The molecule has 0 aliphatic heterocycles. The fourth-order valence-electron chi connectivity index (χ4n) is 3.57. The molecule has 1 fully saturated rings. The predicted octanol–water partition coefficient (Wildman–Crippen LogP) is 3.83. The number of nitrogens with one attached hydrogen (secondary N) is 1. The van der Waals surface area contributed by atoms with E-state index in [4.69, 9.17) is 5.73 Å². The zero-order valence-corrected chi connectivity index (χ0v) is 15.7. The lowest BCUT2D eigenvalue weighted by molar-refractivity contribution is 0.100. The Morgan fingerprint density at radius 3 is 2.78 bits per heavy atom. The summed E-state index contributed by atoms with van der Waals surface area (Å²) in [7, 11) is 0. The van der Waals surface area contributed by atoms with Crippen molar-refractivity contribution in [3.63, 3.8) is 0 Å². The first-order chi connectivity index (χ1) is 13.1. The Kier molecular flexibility index (Phi) is 4.80. The fourth-order valence-corrected chi connectivity index (χ4v) is 3.57. The van der Waals surface area contributed by atoms with Crippen molar-refractivity contribution in [2.24, 2.45) is 16.6 Å². The molecule has 0 spiro atoms. The van der Waals surface area contributed by atoms with Crippen LogP contribution in [-0.2, 0) is 6.42 Å². The molecule has 0 aromatic heterocycles. The van der Waals surface area contributed by atoms with Gasteiger partial charge in [0.2, 0.25) is 0 Å². The van der Waals surface area contributed by atoms with Crippen LogP contribution >= 0.6 is 0 Å². The van der Waals surface area contributed by atoms with E-state index in [2.05, 4.69) is 53.6 Å². The van der Waals surface area contributed by atoms with E-state index in [0.29, 0.717) is 11.5 Å². The molecular formula is C23H25N3O. The molecule has 2 aliphatic rings. The third-order valence-corrected chi connectivity index (χ3v) is 5.34. The minimum absolute atomic E-state index is 0.208. The summed E-state index contributed by atoms with van der Waals surface area (Å²) >= 11 is 0. The van der Waals surface area contributed by atoms with Crippen LogP contribution in [0.3, 0.4) is 0 Å². The molecule has 2 aromatic carbocycles. The summed E-state index contributed by atoms with van der Waals surface area (Å²) < 4.78 is 0. The van der Waals surface area contributed by atoms with E-state index in [9.17, 15) is 4.79 Å². The Hall–Kier alpha value is -2.88. The number of carbonyl (C=O) groups is 1. The molecule has 1 amide bonds. The van der Waals surface area contributed by atoms with Crippen molar-refractivity contribution in [1.29, 1.82) is 0 Å². The summed E-state index contributed by atoms with van der Waals surface area (Å²) in [5.41, 5.74) is 12.5. The van der Waals surface area contributed by atoms with Crippen LogP contribution in [0.5, 0.6) is 0 Å². The molecule has 4 rings (SSSR count). The van der Waals surface area contributed by atoms with Gasteiger partial charge in [-0.25, -0.2) is 0 Å². The Balaban J connectivity index is 1.61. The van der Waals surface area contributed by atoms with Gasteiger partial charge in [0.05, 0.1) is 0 Å². The zero-order valence-electron chi connectivity index (χ0n) is 15.7. The average Bonchev–Trinajstić information content (AvgIpc) is 3.50. The van der Waals surface area contributed by atoms with Gasteiger partial charge in [0.15, 0.2) is 5.96 Å². The molecule has 2 aliphatic carbocycles. The normalized spacial score (nSPS) is 16.5. The van der Waals surface area contributed by atoms with Crippen molar-refractivity contribution in [2.45, 2.75) is 32.6 Å². The van der Waals surface area contributed by atoms with Crippen molar-refractivity contribution >= 4 is 17.4 Å². The fraction of sp³-hybridized carbons (Fsp3) is 0.304. The molecule has 0 heterocycles. The maximum absolute atomic E-state index is 12.6. The lowest BCUT2D eigenvalue weighted by Crippen LogP contribution is -2.33. The lowest BCUT2D eigenvalue weighted by atomic mass is 9.84. The Labute approximate surface area is 160 Å². The highest BCUT2D eigenvalue weighted by Gasteiger charge is 2.21. The second-order valence-corrected chi connectivity index (χ2v) is 7.47. The Bertz CT molecular complexity index is 938. The number of nitrogens with zero attached hydrogens (tertiary/aromatic N) is 1. The quantitative estimate of drug-likeness (QED) is 0.644. The molecule has 3 N–H and O–H groups in total. The number of aryl methyl sites for hydroxylation is 2. The van der Waals surface area contributed by atoms with Gasteiger partial charge < -0.3 is 11.1 Å². The SMILES string of the molecule is Cc1ccccc1C1=CCCc2ccc(C(=O)/N=C(\N)NCC3CC3)cc21. The minimum atomic E-state index is -0.298. The summed E-state index contributed by atoms with van der Waals surface area (Å²) in [6, 6.07) is 14.3. The average molecular weight is 359 g/mol. The van der Waals surface area contributed by atoms with E-state index in [-0.39, 0.29) is 11.9 Å². The van der Waals surface area contributed by atoms with E-state index in [1.165, 1.54) is 35.1 Å². The molecule has 0 radical (unpaired) electrons. The van der Waals surface area contributed by atoms with E-state index < -0.39 is 0 Å². The summed E-state index contributed by atoms with van der Waals surface area (Å²) in [6.45, 7) is 2.92. The second-order valence-electron chi connectivity index (χ2n) is 7.47. The molecule has 0 saturated heterocycles. The van der Waals surface area contributed by atoms with Crippen molar-refractivity contribution in [1.82, 2.24) is 5.32 Å². The van der Waals surface area contributed by atoms with Gasteiger partial charge in [0.1, 0.15) is 0 Å². The molecule has 0 atom stereocenters. The van der Waals surface area contributed by atoms with Crippen molar-refractivity contribution in [3.05, 3.63) is 76.4 Å². The lowest BCUT2D eigenvalue weighted by Gasteiger charge is -2.20. The Morgan fingerprint density at radius 2 is 2.00 bits per heavy atom. The monoisotopic (exact) mass is 359 g/mol. The Morgan fingerprint density at radius 1 is 1.19 bits per heavy atom. The largest absolute Gasteiger partial charge is 0.370 e. The van der Waals surface area contributed by atoms with Crippen LogP contribution in [0.15, 0.2) is 53.5 Å². The number of nitrogens with two attached hydrogens (primary N) is 1. The highest BCUT2D eigenvalue weighted by atomic mass is 16.1. The van der Waals surface area contributed by atoms with Crippen molar-refractivity contribution in [2.75, 3.05) is 6.54 Å². The third-order valence-electron chi connectivity index (χ3n) is 5.34. The van der Waals surface area contributed by atoms with Gasteiger partial charge in [-0.2, -0.15) is 4.99 Å². The van der Waals surface area contributed by atoms with Gasteiger partial charge in [-0.15, -0.1) is 0 Å². The van der Waals surface area contributed by atoms with Gasteiger partial charge in [-0.05, 0) is 78.5 Å². The summed E-state index contributed by atoms with van der Waals surface area (Å²) in [5.74, 6) is 0.590. The highest BCUT2D eigenvalue weighted by Crippen LogP contribution is 2.34. The van der Waals surface area contributed by atoms with Crippen molar-refractivity contribution < 1.29 is 4.79 Å². The maximum atomic E-state index is 12.6. The molecule has 27 heavy (non-hydrogen) atoms. The van der Waals surface area contributed by atoms with E-state index >= 15 is 0 Å². The third kappa shape index (κ3) is 3.95. The number of rotatable bonds is 4. The van der Waals surface area contributed by atoms with Gasteiger partial charge in [0.25, 0.3) is 5.91 Å². The molecule has 2 aromatic rings. The number of aliphatic imine (C=N–C) groups is 1. The van der Waals surface area contributed by atoms with Crippen LogP contribution < -0.4 is 11.1 Å². The smallest absolute Gasteiger partial charge is 0.280 e. The summed E-state index contributed by atoms with van der Waals surface area (Å²) in [6.07, 6.45) is 6.74. The molecule has 0 bridgehead atoms. The molecular weight excluding hydrogens is 334 g/mol. The number of hydrogen-bond acceptors (Lipinski definition) is 1. The first-order valence-electron chi connectivity index (χ1n) is 9.63. The molecule has 0 unspecified atom stereocenters. The minimum Gasteiger partial charge on any atom is -0.370 e. The molecule has 4 heteroatoms. The first-order valence-corrected chi connectivity index (χ1v) is 9.63. The standard InChI is InChI=1S/C23H25N3O/c1-15-5-2-3-7-19(15)20-8-4-6-17-11-12-18(13-21(17)20)22(27)26-23(24)25-14-16-9-10-16/h2-3,5,7-8,11-13,16H,4,6,9-10,14H2,1H3,(H3,24,25,26,27). The molecule has 1 saturated carbocycles. The summed E-state index contributed by atoms with van der Waals surface area (Å²) in [4.78, 5) is 16.6. The number of guanidine groups is 1. The van der Waals surface area contributed by atoms with Gasteiger partial charge in [-0.1, -0.05) is 36.4 Å². The molecule has 138 valence electrons. The summed E-state index contributed by atoms with van der Waals surface area (Å²) in [5, 5.41) is 3.05. The van der Waals surface area contributed by atoms with Gasteiger partial charge in [-0.3, -0.25) is 4.79 Å². The first kappa shape index (κ1) is 17.5. The second kappa shape index (κ2) is 7.39. The zero-order chi connectivity index (χ0) is 18.8. The van der Waals surface area contributed by atoms with Crippen LogP contribution in [-0.4, -0.2) is 18.4 Å². The van der Waals surface area contributed by atoms with Crippen molar-refractivity contribution in [3.8, 4) is 0 Å². The van der Waals surface area contributed by atoms with E-state index in [0.717, 1.165) is 24.9 Å². The molecule has 4 nitrogen and oxygen atoms in total. The number of carbonyl (C=O) groups excluding carboxylic acids is 1. The maximum Gasteiger partial charge on any atom is 0.280 e. The van der Waals surface area contributed by atoms with Gasteiger partial charge in [0, 0.05) is 12.1 Å². The number of amides is 1. The van der Waals surface area contributed by atoms with Crippen LogP contribution in [0.2, 0.25) is 0 Å². The van der Waals surface area contributed by atoms with Crippen LogP contribution in [0.25, 0.3) is 5.57 Å². The number of allylic oxidation sites excluding steroid dienone is 1.